The maximum absolute atomic E-state index is 12.1. The first-order valence-electron chi connectivity index (χ1n) is 7.84. The number of benzene rings is 2. The van der Waals surface area contributed by atoms with Crippen molar-refractivity contribution < 1.29 is 9.53 Å². The zero-order valence-corrected chi connectivity index (χ0v) is 15.6. The number of amides is 1. The molecule has 0 radical (unpaired) electrons. The molecule has 0 aliphatic heterocycles. The zero-order chi connectivity index (χ0) is 18.4. The highest BCUT2D eigenvalue weighted by atomic mass is 35.5. The zero-order valence-electron chi connectivity index (χ0n) is 14.1. The van der Waals surface area contributed by atoms with Crippen molar-refractivity contribution in [3.05, 3.63) is 65.4 Å². The van der Waals surface area contributed by atoms with E-state index in [1.165, 1.54) is 11.8 Å². The number of methoxy groups -OCH3 is 1. The summed E-state index contributed by atoms with van der Waals surface area (Å²) in [6.07, 6.45) is 1.62. The average Bonchev–Trinajstić information content (AvgIpc) is 3.14. The van der Waals surface area contributed by atoms with Gasteiger partial charge in [-0.3, -0.25) is 9.36 Å². The van der Waals surface area contributed by atoms with Crippen LogP contribution in [-0.2, 0) is 11.3 Å². The van der Waals surface area contributed by atoms with Gasteiger partial charge in [0, 0.05) is 17.3 Å². The molecule has 0 saturated carbocycles. The molecule has 0 fully saturated rings. The summed E-state index contributed by atoms with van der Waals surface area (Å²) in [6, 6.07) is 15.0. The number of hydrogen-bond acceptors (Lipinski definition) is 5. The second kappa shape index (κ2) is 8.73. The molecule has 134 valence electrons. The molecular formula is C18H17ClN4O2S. The summed E-state index contributed by atoms with van der Waals surface area (Å²) in [7, 11) is 1.62. The van der Waals surface area contributed by atoms with Gasteiger partial charge >= 0.3 is 0 Å². The lowest BCUT2D eigenvalue weighted by molar-refractivity contribution is -0.118. The third kappa shape index (κ3) is 4.56. The fraction of sp³-hybridized carbons (Fsp3) is 0.167. The number of thioether (sulfide) groups is 1. The van der Waals surface area contributed by atoms with Crippen LogP contribution < -0.4 is 10.1 Å². The highest BCUT2D eigenvalue weighted by Crippen LogP contribution is 2.21. The molecule has 0 atom stereocenters. The van der Waals surface area contributed by atoms with Crippen molar-refractivity contribution in [2.75, 3.05) is 12.9 Å². The van der Waals surface area contributed by atoms with E-state index >= 15 is 0 Å². The van der Waals surface area contributed by atoms with Gasteiger partial charge in [0.15, 0.2) is 5.16 Å². The monoisotopic (exact) mass is 388 g/mol. The molecule has 26 heavy (non-hydrogen) atoms. The van der Waals surface area contributed by atoms with Crippen molar-refractivity contribution in [1.82, 2.24) is 20.1 Å². The topological polar surface area (TPSA) is 69.0 Å². The van der Waals surface area contributed by atoms with Crippen molar-refractivity contribution in [1.29, 1.82) is 0 Å². The molecule has 0 aliphatic rings. The van der Waals surface area contributed by atoms with Crippen LogP contribution in [0.15, 0.2) is 60.0 Å². The van der Waals surface area contributed by atoms with Crippen LogP contribution >= 0.6 is 23.4 Å². The molecule has 0 saturated heterocycles. The van der Waals surface area contributed by atoms with E-state index in [0.29, 0.717) is 16.7 Å². The Hall–Kier alpha value is -2.51. The molecule has 2 aromatic carbocycles. The predicted octanol–water partition coefficient (Wildman–Crippen LogP) is 3.34. The lowest BCUT2D eigenvalue weighted by Gasteiger charge is -2.08. The predicted molar refractivity (Wildman–Crippen MR) is 102 cm³/mol. The normalized spacial score (nSPS) is 10.5. The van der Waals surface area contributed by atoms with E-state index in [-0.39, 0.29) is 11.7 Å². The molecule has 0 bridgehead atoms. The van der Waals surface area contributed by atoms with E-state index in [9.17, 15) is 4.79 Å². The molecule has 1 heterocycles. The molecule has 1 N–H and O–H groups in total. The molecule has 1 aromatic heterocycles. The van der Waals surface area contributed by atoms with Crippen LogP contribution in [0, 0.1) is 0 Å². The number of hydrogen-bond donors (Lipinski definition) is 1. The average molecular weight is 389 g/mol. The first-order chi connectivity index (χ1) is 12.7. The maximum atomic E-state index is 12.1. The minimum atomic E-state index is -0.0980. The van der Waals surface area contributed by atoms with Crippen LogP contribution in [0.3, 0.4) is 0 Å². The van der Waals surface area contributed by atoms with E-state index in [0.717, 1.165) is 17.0 Å². The summed E-state index contributed by atoms with van der Waals surface area (Å²) in [5, 5.41) is 12.2. The first kappa shape index (κ1) is 18.3. The van der Waals surface area contributed by atoms with Crippen LogP contribution in [-0.4, -0.2) is 33.5 Å². The minimum Gasteiger partial charge on any atom is -0.497 e. The van der Waals surface area contributed by atoms with Gasteiger partial charge in [-0.1, -0.05) is 41.6 Å². The SMILES string of the molecule is COc1ccc(-n2cnnc2SCC(=O)NCc2ccccc2Cl)cc1. The second-order valence-corrected chi connectivity index (χ2v) is 6.69. The largest absolute Gasteiger partial charge is 0.497 e. The molecule has 8 heteroatoms. The summed E-state index contributed by atoms with van der Waals surface area (Å²) < 4.78 is 6.98. The molecule has 0 unspecified atom stereocenters. The Labute approximate surface area is 160 Å². The fourth-order valence-electron chi connectivity index (χ4n) is 2.26. The second-order valence-electron chi connectivity index (χ2n) is 5.34. The Morgan fingerprint density at radius 1 is 1.23 bits per heavy atom. The Morgan fingerprint density at radius 3 is 2.73 bits per heavy atom. The van der Waals surface area contributed by atoms with E-state index in [2.05, 4.69) is 15.5 Å². The van der Waals surface area contributed by atoms with Gasteiger partial charge in [-0.15, -0.1) is 10.2 Å². The Bertz CT molecular complexity index is 883. The van der Waals surface area contributed by atoms with Crippen molar-refractivity contribution in [2.45, 2.75) is 11.7 Å². The molecule has 3 rings (SSSR count). The lowest BCUT2D eigenvalue weighted by atomic mass is 10.2. The lowest BCUT2D eigenvalue weighted by Crippen LogP contribution is -2.24. The number of halogens is 1. The van der Waals surface area contributed by atoms with E-state index < -0.39 is 0 Å². The number of nitrogens with one attached hydrogen (secondary N) is 1. The molecule has 0 aliphatic carbocycles. The Balaban J connectivity index is 1.57. The van der Waals surface area contributed by atoms with E-state index in [4.69, 9.17) is 16.3 Å². The van der Waals surface area contributed by atoms with Gasteiger partial charge in [-0.05, 0) is 35.9 Å². The van der Waals surface area contributed by atoms with Crippen LogP contribution in [0.4, 0.5) is 0 Å². The summed E-state index contributed by atoms with van der Waals surface area (Å²) in [5.74, 6) is 0.911. The van der Waals surface area contributed by atoms with Gasteiger partial charge in [0.25, 0.3) is 0 Å². The van der Waals surface area contributed by atoms with Crippen molar-refractivity contribution >= 4 is 29.3 Å². The van der Waals surface area contributed by atoms with Crippen molar-refractivity contribution in [3.8, 4) is 11.4 Å². The Kier molecular flexibility index (Phi) is 6.14. The van der Waals surface area contributed by atoms with Crippen LogP contribution in [0.5, 0.6) is 5.75 Å². The number of ether oxygens (including phenoxy) is 1. The number of carbonyl (C=O) groups excluding carboxylic acids is 1. The Morgan fingerprint density at radius 2 is 2.00 bits per heavy atom. The van der Waals surface area contributed by atoms with Gasteiger partial charge in [-0.25, -0.2) is 0 Å². The van der Waals surface area contributed by atoms with E-state index in [1.54, 1.807) is 19.5 Å². The fourth-order valence-corrected chi connectivity index (χ4v) is 3.22. The first-order valence-corrected chi connectivity index (χ1v) is 9.21. The summed E-state index contributed by atoms with van der Waals surface area (Å²) in [5.41, 5.74) is 1.78. The quantitative estimate of drug-likeness (QED) is 0.629. The van der Waals surface area contributed by atoms with Gasteiger partial charge < -0.3 is 10.1 Å². The number of rotatable bonds is 7. The van der Waals surface area contributed by atoms with Crippen LogP contribution in [0.1, 0.15) is 5.56 Å². The third-order valence-corrected chi connectivity index (χ3v) is 4.95. The van der Waals surface area contributed by atoms with Gasteiger partial charge in [0.05, 0.1) is 12.9 Å². The molecular weight excluding hydrogens is 372 g/mol. The summed E-state index contributed by atoms with van der Waals surface area (Å²) >= 11 is 7.41. The highest BCUT2D eigenvalue weighted by Gasteiger charge is 2.10. The number of carbonyl (C=O) groups is 1. The molecule has 0 spiro atoms. The van der Waals surface area contributed by atoms with Gasteiger partial charge in [0.2, 0.25) is 5.91 Å². The third-order valence-electron chi connectivity index (χ3n) is 3.63. The standard InChI is InChI=1S/C18H17ClN4O2S/c1-25-15-8-6-14(7-9-15)23-12-21-22-18(23)26-11-17(24)20-10-13-4-2-3-5-16(13)19/h2-9,12H,10-11H2,1H3,(H,20,24). The maximum Gasteiger partial charge on any atom is 0.230 e. The smallest absolute Gasteiger partial charge is 0.230 e. The molecule has 3 aromatic rings. The molecule has 1 amide bonds. The van der Waals surface area contributed by atoms with Crippen molar-refractivity contribution in [3.63, 3.8) is 0 Å². The summed E-state index contributed by atoms with van der Waals surface area (Å²) in [6.45, 7) is 0.393. The van der Waals surface area contributed by atoms with Gasteiger partial charge in [0.1, 0.15) is 12.1 Å². The number of aromatic nitrogens is 3. The minimum absolute atomic E-state index is 0.0980. The number of nitrogens with zero attached hydrogens (tertiary/aromatic N) is 3. The van der Waals surface area contributed by atoms with Crippen LogP contribution in [0.25, 0.3) is 5.69 Å². The highest BCUT2D eigenvalue weighted by molar-refractivity contribution is 7.99. The van der Waals surface area contributed by atoms with Gasteiger partial charge in [-0.2, -0.15) is 0 Å². The van der Waals surface area contributed by atoms with Crippen molar-refractivity contribution in [2.24, 2.45) is 0 Å². The van der Waals surface area contributed by atoms with E-state index in [1.807, 2.05) is 47.0 Å². The summed E-state index contributed by atoms with van der Waals surface area (Å²) in [4.78, 5) is 12.1. The van der Waals surface area contributed by atoms with Crippen LogP contribution in [0.2, 0.25) is 5.02 Å². The molecule has 6 nitrogen and oxygen atoms in total.